The van der Waals surface area contributed by atoms with E-state index in [1.54, 1.807) is 28.3 Å². The molecule has 6 nitrogen and oxygen atoms in total. The van der Waals surface area contributed by atoms with Gasteiger partial charge in [0.05, 0.1) is 17.3 Å². The number of hydrogen-bond acceptors (Lipinski definition) is 6. The summed E-state index contributed by atoms with van der Waals surface area (Å²) in [5.41, 5.74) is 2.51. The molecular formula is C30H32F3N5OS. The van der Waals surface area contributed by atoms with Crippen molar-refractivity contribution in [1.82, 2.24) is 19.4 Å². The molecule has 210 valence electrons. The van der Waals surface area contributed by atoms with Crippen LogP contribution in [0.3, 0.4) is 0 Å². The lowest BCUT2D eigenvalue weighted by atomic mass is 10.0. The van der Waals surface area contributed by atoms with E-state index in [2.05, 4.69) is 39.0 Å². The Hall–Kier alpha value is -3.21. The Labute approximate surface area is 235 Å². The molecule has 0 spiro atoms. The van der Waals surface area contributed by atoms with E-state index in [4.69, 9.17) is 0 Å². The molecule has 6 rings (SSSR count). The van der Waals surface area contributed by atoms with Crippen LogP contribution in [0.1, 0.15) is 21.6 Å². The zero-order valence-electron chi connectivity index (χ0n) is 22.2. The minimum atomic E-state index is -4.34. The van der Waals surface area contributed by atoms with Crippen molar-refractivity contribution >= 4 is 27.2 Å². The molecule has 0 saturated carbocycles. The highest BCUT2D eigenvalue weighted by Gasteiger charge is 2.31. The molecule has 4 aromatic rings. The Kier molecular flexibility index (Phi) is 7.65. The highest BCUT2D eigenvalue weighted by Crippen LogP contribution is 2.33. The summed E-state index contributed by atoms with van der Waals surface area (Å²) in [6.45, 7) is 6.78. The van der Waals surface area contributed by atoms with Crippen LogP contribution in [0.2, 0.25) is 0 Å². The van der Waals surface area contributed by atoms with Crippen molar-refractivity contribution in [3.8, 4) is 0 Å². The van der Waals surface area contributed by atoms with Crippen LogP contribution < -0.4 is 10.5 Å². The molecule has 0 N–H and O–H groups in total. The molecule has 0 bridgehead atoms. The average Bonchev–Trinajstić information content (AvgIpc) is 3.35. The number of piperazine rings is 1. The summed E-state index contributed by atoms with van der Waals surface area (Å²) in [6.07, 6.45) is -0.800. The molecule has 2 aromatic carbocycles. The van der Waals surface area contributed by atoms with Gasteiger partial charge in [-0.25, -0.2) is 4.98 Å². The molecular weight excluding hydrogens is 535 g/mol. The Bertz CT molecular complexity index is 1530. The molecule has 40 heavy (non-hydrogen) atoms. The monoisotopic (exact) mass is 567 g/mol. The molecule has 0 atom stereocenters. The lowest BCUT2D eigenvalue weighted by Gasteiger charge is -2.36. The molecule has 0 radical (unpaired) electrons. The third kappa shape index (κ3) is 5.80. The number of hydrogen-bond donors (Lipinski definition) is 0. The van der Waals surface area contributed by atoms with E-state index in [-0.39, 0.29) is 5.56 Å². The average molecular weight is 568 g/mol. The van der Waals surface area contributed by atoms with Crippen molar-refractivity contribution in [2.24, 2.45) is 0 Å². The van der Waals surface area contributed by atoms with E-state index in [0.29, 0.717) is 31.9 Å². The summed E-state index contributed by atoms with van der Waals surface area (Å²) in [6, 6.07) is 16.0. The summed E-state index contributed by atoms with van der Waals surface area (Å²) >= 11 is 1.64. The fraction of sp³-hybridized carbons (Fsp3) is 0.400. The van der Waals surface area contributed by atoms with Crippen LogP contribution in [0.15, 0.2) is 65.7 Å². The third-order valence-corrected chi connectivity index (χ3v) is 9.16. The van der Waals surface area contributed by atoms with E-state index in [1.807, 2.05) is 11.0 Å². The van der Waals surface area contributed by atoms with Crippen molar-refractivity contribution in [3.63, 3.8) is 0 Å². The Balaban J connectivity index is 1.06. The summed E-state index contributed by atoms with van der Waals surface area (Å²) in [7, 11) is 0. The summed E-state index contributed by atoms with van der Waals surface area (Å²) in [5, 5.41) is 0.777. The number of fused-ring (bicyclic) bond motifs is 3. The second-order valence-corrected chi connectivity index (χ2v) is 11.6. The highest BCUT2D eigenvalue weighted by atomic mass is 32.1. The van der Waals surface area contributed by atoms with Gasteiger partial charge in [-0.3, -0.25) is 19.2 Å². The maximum atomic E-state index is 13.5. The summed E-state index contributed by atoms with van der Waals surface area (Å²) in [4.78, 5) is 26.9. The van der Waals surface area contributed by atoms with E-state index in [0.717, 1.165) is 67.4 Å². The van der Waals surface area contributed by atoms with Gasteiger partial charge in [0.1, 0.15) is 4.83 Å². The molecule has 2 aliphatic heterocycles. The van der Waals surface area contributed by atoms with Crippen LogP contribution in [0, 0.1) is 0 Å². The molecule has 1 fully saturated rings. The molecule has 0 unspecified atom stereocenters. The van der Waals surface area contributed by atoms with Gasteiger partial charge in [-0.1, -0.05) is 36.4 Å². The van der Waals surface area contributed by atoms with E-state index in [1.165, 1.54) is 22.6 Å². The zero-order chi connectivity index (χ0) is 27.7. The van der Waals surface area contributed by atoms with Crippen LogP contribution in [0.5, 0.6) is 0 Å². The predicted octanol–water partition coefficient (Wildman–Crippen LogP) is 4.90. The van der Waals surface area contributed by atoms with Gasteiger partial charge in [0.2, 0.25) is 0 Å². The Morgan fingerprint density at radius 2 is 1.68 bits per heavy atom. The zero-order valence-corrected chi connectivity index (χ0v) is 23.1. The Morgan fingerprint density at radius 3 is 2.45 bits per heavy atom. The third-order valence-electron chi connectivity index (χ3n) is 8.03. The smallest absolute Gasteiger partial charge is 0.369 e. The number of anilines is 1. The van der Waals surface area contributed by atoms with Gasteiger partial charge in [0.15, 0.2) is 0 Å². The number of alkyl halides is 3. The van der Waals surface area contributed by atoms with Crippen molar-refractivity contribution in [3.05, 3.63) is 92.8 Å². The second kappa shape index (κ2) is 11.3. The summed E-state index contributed by atoms with van der Waals surface area (Å²) < 4.78 is 41.0. The number of thiophene rings is 1. The minimum absolute atomic E-state index is 0.0304. The van der Waals surface area contributed by atoms with E-state index < -0.39 is 11.7 Å². The molecule has 2 aliphatic rings. The van der Waals surface area contributed by atoms with Crippen LogP contribution in [-0.2, 0) is 32.1 Å². The number of aromatic nitrogens is 2. The van der Waals surface area contributed by atoms with E-state index in [9.17, 15) is 18.0 Å². The van der Waals surface area contributed by atoms with Gasteiger partial charge in [0, 0.05) is 69.5 Å². The fourth-order valence-corrected chi connectivity index (χ4v) is 6.93. The van der Waals surface area contributed by atoms with Crippen LogP contribution >= 0.6 is 11.3 Å². The lowest BCUT2D eigenvalue weighted by Crippen LogP contribution is -2.47. The van der Waals surface area contributed by atoms with Gasteiger partial charge in [-0.05, 0) is 42.2 Å². The van der Waals surface area contributed by atoms with Crippen LogP contribution in [0.4, 0.5) is 18.9 Å². The second-order valence-electron chi connectivity index (χ2n) is 10.6. The number of benzene rings is 2. The van der Waals surface area contributed by atoms with Crippen LogP contribution in [0.25, 0.3) is 10.2 Å². The minimum Gasteiger partial charge on any atom is -0.369 e. The molecule has 1 saturated heterocycles. The van der Waals surface area contributed by atoms with Gasteiger partial charge in [0.25, 0.3) is 5.56 Å². The lowest BCUT2D eigenvalue weighted by molar-refractivity contribution is -0.137. The van der Waals surface area contributed by atoms with Gasteiger partial charge < -0.3 is 4.90 Å². The first kappa shape index (κ1) is 27.0. The standard InChI is InChI=1S/C30H32F3N5OS/c31-30(32,33)23-7-4-8-24(19-23)37-16-13-35(14-17-37)15-18-38-21-34-28-27(29(38)39)25-10-12-36(20-26(25)40-28)11-9-22-5-2-1-3-6-22/h1-8,19,21H,9-18,20H2. The number of nitrogens with zero attached hydrogens (tertiary/aromatic N) is 5. The quantitative estimate of drug-likeness (QED) is 0.318. The first-order chi connectivity index (χ1) is 19.3. The maximum absolute atomic E-state index is 13.5. The van der Waals surface area contributed by atoms with Crippen molar-refractivity contribution < 1.29 is 13.2 Å². The molecule has 10 heteroatoms. The molecule has 0 amide bonds. The van der Waals surface area contributed by atoms with Gasteiger partial charge in [-0.2, -0.15) is 13.2 Å². The molecule has 0 aliphatic carbocycles. The topological polar surface area (TPSA) is 44.6 Å². The van der Waals surface area contributed by atoms with E-state index >= 15 is 0 Å². The first-order valence-electron chi connectivity index (χ1n) is 13.8. The van der Waals surface area contributed by atoms with Crippen molar-refractivity contribution in [2.75, 3.05) is 50.7 Å². The van der Waals surface area contributed by atoms with Crippen molar-refractivity contribution in [2.45, 2.75) is 32.1 Å². The Morgan fingerprint density at radius 1 is 0.875 bits per heavy atom. The first-order valence-corrected chi connectivity index (χ1v) is 14.6. The normalized spacial score (nSPS) is 16.9. The predicted molar refractivity (Wildman–Crippen MR) is 153 cm³/mol. The largest absolute Gasteiger partial charge is 0.416 e. The van der Waals surface area contributed by atoms with Gasteiger partial charge in [-0.15, -0.1) is 11.3 Å². The summed E-state index contributed by atoms with van der Waals surface area (Å²) in [5.74, 6) is 0. The fourth-order valence-electron chi connectivity index (χ4n) is 5.71. The number of rotatable bonds is 7. The molecule has 2 aromatic heterocycles. The van der Waals surface area contributed by atoms with Crippen molar-refractivity contribution in [1.29, 1.82) is 0 Å². The maximum Gasteiger partial charge on any atom is 0.416 e. The molecule has 4 heterocycles. The SMILES string of the molecule is O=c1c2c3c(sc2ncn1CCN1CCN(c2cccc(C(F)(F)F)c2)CC1)CN(CCc1ccccc1)CC3. The number of halogens is 3. The highest BCUT2D eigenvalue weighted by molar-refractivity contribution is 7.18. The van der Waals surface area contributed by atoms with Gasteiger partial charge >= 0.3 is 6.18 Å². The van der Waals surface area contributed by atoms with Crippen LogP contribution in [-0.4, -0.2) is 65.2 Å².